The fourth-order valence-electron chi connectivity index (χ4n) is 2.14. The van der Waals surface area contributed by atoms with Crippen LogP contribution in [0.4, 0.5) is 0 Å². The second kappa shape index (κ2) is 7.82. The van der Waals surface area contributed by atoms with E-state index in [2.05, 4.69) is 5.32 Å². The highest BCUT2D eigenvalue weighted by atomic mass is 16.5. The lowest BCUT2D eigenvalue weighted by Crippen LogP contribution is -2.46. The van der Waals surface area contributed by atoms with Gasteiger partial charge in [0.2, 0.25) is 5.91 Å². The van der Waals surface area contributed by atoms with Crippen LogP contribution in [0.15, 0.2) is 0 Å². The molecular weight excluding hydrogens is 244 g/mol. The molecule has 0 radical (unpaired) electrons. The molecule has 1 rings (SSSR count). The molecule has 19 heavy (non-hydrogen) atoms. The lowest BCUT2D eigenvalue weighted by Gasteiger charge is -2.30. The maximum atomic E-state index is 12.0. The van der Waals surface area contributed by atoms with Crippen molar-refractivity contribution < 1.29 is 14.6 Å². The topological polar surface area (TPSA) is 61.8 Å². The zero-order valence-electron chi connectivity index (χ0n) is 12.4. The summed E-state index contributed by atoms with van der Waals surface area (Å²) in [5.74, 6) is 0.167. The van der Waals surface area contributed by atoms with Crippen molar-refractivity contribution in [2.24, 2.45) is 0 Å². The molecule has 0 aliphatic carbocycles. The summed E-state index contributed by atoms with van der Waals surface area (Å²) in [5, 5.41) is 13.5. The van der Waals surface area contributed by atoms with Gasteiger partial charge in [-0.05, 0) is 19.8 Å². The number of morpholine rings is 1. The summed E-state index contributed by atoms with van der Waals surface area (Å²) in [6.45, 7) is 9.15. The molecule has 0 spiro atoms. The molecule has 112 valence electrons. The van der Waals surface area contributed by atoms with Crippen LogP contribution in [0.5, 0.6) is 0 Å². The average Bonchev–Trinajstić information content (AvgIpc) is 2.45. The molecule has 1 atom stereocenters. The summed E-state index contributed by atoms with van der Waals surface area (Å²) in [4.78, 5) is 13.9. The van der Waals surface area contributed by atoms with Gasteiger partial charge in [0.25, 0.3) is 0 Å². The van der Waals surface area contributed by atoms with Gasteiger partial charge in [-0.1, -0.05) is 13.8 Å². The first-order valence-electron chi connectivity index (χ1n) is 7.32. The molecule has 1 saturated heterocycles. The number of rotatable bonds is 7. The van der Waals surface area contributed by atoms with E-state index < -0.39 is 5.60 Å². The minimum absolute atomic E-state index is 0.0833. The Hall–Kier alpha value is -0.650. The van der Waals surface area contributed by atoms with Crippen molar-refractivity contribution in [3.05, 3.63) is 0 Å². The summed E-state index contributed by atoms with van der Waals surface area (Å²) in [7, 11) is 0. The summed E-state index contributed by atoms with van der Waals surface area (Å²) in [6, 6.07) is 0.0833. The number of ether oxygens (including phenoxy) is 1. The minimum Gasteiger partial charge on any atom is -0.389 e. The first-order valence-corrected chi connectivity index (χ1v) is 7.32. The third-order valence-electron chi connectivity index (χ3n) is 3.94. The molecule has 1 amide bonds. The predicted octanol–water partition coefficient (Wildman–Crippen LogP) is 0.765. The molecule has 0 aromatic rings. The van der Waals surface area contributed by atoms with Gasteiger partial charge in [0.15, 0.2) is 0 Å². The lowest BCUT2D eigenvalue weighted by atomic mass is 9.97. The van der Waals surface area contributed by atoms with Crippen molar-refractivity contribution >= 4 is 5.91 Å². The molecule has 2 N–H and O–H groups in total. The third kappa shape index (κ3) is 5.47. The van der Waals surface area contributed by atoms with Gasteiger partial charge in [-0.25, -0.2) is 0 Å². The first kappa shape index (κ1) is 16.4. The van der Waals surface area contributed by atoms with E-state index in [1.807, 2.05) is 25.7 Å². The summed E-state index contributed by atoms with van der Waals surface area (Å²) in [6.07, 6.45) is 1.92. The molecule has 0 aromatic heterocycles. The van der Waals surface area contributed by atoms with Crippen LogP contribution in [0.3, 0.4) is 0 Å². The quantitative estimate of drug-likeness (QED) is 0.718. The van der Waals surface area contributed by atoms with Crippen LogP contribution < -0.4 is 5.32 Å². The monoisotopic (exact) mass is 272 g/mol. The van der Waals surface area contributed by atoms with Crippen molar-refractivity contribution in [1.29, 1.82) is 0 Å². The standard InChI is InChI=1S/C14H28N2O3/c1-4-14(18,5-2)11-15-12(3)10-13(17)16-6-8-19-9-7-16/h12,15,18H,4-11H2,1-3H3. The number of amides is 1. The largest absolute Gasteiger partial charge is 0.389 e. The van der Waals surface area contributed by atoms with Crippen molar-refractivity contribution in [2.45, 2.75) is 51.7 Å². The zero-order valence-corrected chi connectivity index (χ0v) is 12.4. The van der Waals surface area contributed by atoms with E-state index in [1.54, 1.807) is 0 Å². The lowest BCUT2D eigenvalue weighted by molar-refractivity contribution is -0.135. The first-order chi connectivity index (χ1) is 9.00. The van der Waals surface area contributed by atoms with Gasteiger partial charge in [-0.2, -0.15) is 0 Å². The smallest absolute Gasteiger partial charge is 0.224 e. The second-order valence-corrected chi connectivity index (χ2v) is 5.41. The number of nitrogens with one attached hydrogen (secondary N) is 1. The van der Waals surface area contributed by atoms with Crippen LogP contribution in [-0.2, 0) is 9.53 Å². The Morgan fingerprint density at radius 1 is 1.37 bits per heavy atom. The summed E-state index contributed by atoms with van der Waals surface area (Å²) >= 11 is 0. The maximum Gasteiger partial charge on any atom is 0.224 e. The van der Waals surface area contributed by atoms with Crippen LogP contribution in [0.1, 0.15) is 40.0 Å². The Bertz CT molecular complexity index is 274. The van der Waals surface area contributed by atoms with E-state index in [-0.39, 0.29) is 11.9 Å². The summed E-state index contributed by atoms with van der Waals surface area (Å²) < 4.78 is 5.23. The number of aliphatic hydroxyl groups is 1. The van der Waals surface area contributed by atoms with Gasteiger partial charge in [-0.15, -0.1) is 0 Å². The minimum atomic E-state index is -0.656. The Labute approximate surface area is 116 Å². The highest BCUT2D eigenvalue weighted by molar-refractivity contribution is 5.76. The van der Waals surface area contributed by atoms with Crippen LogP contribution in [0.2, 0.25) is 0 Å². The number of carbonyl (C=O) groups excluding carboxylic acids is 1. The molecular formula is C14H28N2O3. The second-order valence-electron chi connectivity index (χ2n) is 5.41. The van der Waals surface area contributed by atoms with Gasteiger partial charge in [0.1, 0.15) is 0 Å². The van der Waals surface area contributed by atoms with E-state index in [0.717, 1.165) is 12.8 Å². The zero-order chi connectivity index (χ0) is 14.3. The Morgan fingerprint density at radius 3 is 2.47 bits per heavy atom. The maximum absolute atomic E-state index is 12.0. The number of hydrogen-bond acceptors (Lipinski definition) is 4. The molecule has 1 aliphatic heterocycles. The molecule has 0 saturated carbocycles. The van der Waals surface area contributed by atoms with Gasteiger partial charge >= 0.3 is 0 Å². The highest BCUT2D eigenvalue weighted by Crippen LogP contribution is 2.13. The van der Waals surface area contributed by atoms with Crippen molar-refractivity contribution in [1.82, 2.24) is 10.2 Å². The number of carbonyl (C=O) groups is 1. The molecule has 1 heterocycles. The van der Waals surface area contributed by atoms with Crippen LogP contribution >= 0.6 is 0 Å². The molecule has 1 unspecified atom stereocenters. The predicted molar refractivity (Wildman–Crippen MR) is 75.0 cm³/mol. The average molecular weight is 272 g/mol. The molecule has 0 aromatic carbocycles. The van der Waals surface area contributed by atoms with Crippen LogP contribution in [0, 0.1) is 0 Å². The third-order valence-corrected chi connectivity index (χ3v) is 3.94. The van der Waals surface area contributed by atoms with E-state index >= 15 is 0 Å². The number of hydrogen-bond donors (Lipinski definition) is 2. The van der Waals surface area contributed by atoms with Crippen molar-refractivity contribution in [3.63, 3.8) is 0 Å². The van der Waals surface area contributed by atoms with Crippen LogP contribution in [0.25, 0.3) is 0 Å². The van der Waals surface area contributed by atoms with E-state index in [9.17, 15) is 9.90 Å². The molecule has 1 aliphatic rings. The normalized spacial score (nSPS) is 18.4. The molecule has 1 fully saturated rings. The van der Waals surface area contributed by atoms with Crippen molar-refractivity contribution in [3.8, 4) is 0 Å². The molecule has 5 nitrogen and oxygen atoms in total. The SMILES string of the molecule is CCC(O)(CC)CNC(C)CC(=O)N1CCOCC1. The van der Waals surface area contributed by atoms with E-state index in [4.69, 9.17) is 4.74 Å². The van der Waals surface area contributed by atoms with Gasteiger partial charge in [0, 0.05) is 32.1 Å². The van der Waals surface area contributed by atoms with Gasteiger partial charge < -0.3 is 20.1 Å². The fourth-order valence-corrected chi connectivity index (χ4v) is 2.14. The molecule has 0 bridgehead atoms. The fraction of sp³-hybridized carbons (Fsp3) is 0.929. The van der Waals surface area contributed by atoms with E-state index in [1.165, 1.54) is 0 Å². The Balaban J connectivity index is 2.30. The van der Waals surface area contributed by atoms with Crippen LogP contribution in [-0.4, -0.2) is 60.4 Å². The van der Waals surface area contributed by atoms with Crippen molar-refractivity contribution in [2.75, 3.05) is 32.8 Å². The van der Waals surface area contributed by atoms with E-state index in [0.29, 0.717) is 39.3 Å². The van der Waals surface area contributed by atoms with Gasteiger partial charge in [-0.3, -0.25) is 4.79 Å². The molecule has 5 heteroatoms. The highest BCUT2D eigenvalue weighted by Gasteiger charge is 2.24. The van der Waals surface area contributed by atoms with Gasteiger partial charge in [0.05, 0.1) is 18.8 Å². The summed E-state index contributed by atoms with van der Waals surface area (Å²) in [5.41, 5.74) is -0.656. The Morgan fingerprint density at radius 2 is 1.95 bits per heavy atom. The Kier molecular flexibility index (Phi) is 6.75. The number of nitrogens with zero attached hydrogens (tertiary/aromatic N) is 1.